The Bertz CT molecular complexity index is 1010. The van der Waals surface area contributed by atoms with Gasteiger partial charge in [-0.1, -0.05) is 6.07 Å². The number of nitrogens with zero attached hydrogens (tertiary/aromatic N) is 2. The van der Waals surface area contributed by atoms with Crippen molar-refractivity contribution >= 4 is 40.0 Å². The molecule has 2 fully saturated rings. The molecule has 4 heterocycles. The van der Waals surface area contributed by atoms with E-state index in [1.54, 1.807) is 16.7 Å². The van der Waals surface area contributed by atoms with E-state index >= 15 is 0 Å². The fourth-order valence-electron chi connectivity index (χ4n) is 4.09. The third-order valence-corrected chi connectivity index (χ3v) is 8.25. The van der Waals surface area contributed by atoms with Crippen LogP contribution in [0.1, 0.15) is 35.9 Å². The van der Waals surface area contributed by atoms with E-state index in [0.717, 1.165) is 34.1 Å². The number of aromatic nitrogens is 1. The lowest BCUT2D eigenvalue weighted by atomic mass is 10.1. The number of amides is 2. The van der Waals surface area contributed by atoms with Gasteiger partial charge in [-0.2, -0.15) is 0 Å². The van der Waals surface area contributed by atoms with Gasteiger partial charge in [-0.05, 0) is 38.0 Å². The van der Waals surface area contributed by atoms with E-state index in [1.165, 1.54) is 11.3 Å². The molecule has 7 nitrogen and oxygen atoms in total. The number of rotatable bonds is 4. The van der Waals surface area contributed by atoms with E-state index in [0.29, 0.717) is 23.7 Å². The van der Waals surface area contributed by atoms with E-state index < -0.39 is 6.04 Å². The number of carbonyl (C=O) groups excluding carboxylic acids is 2. The van der Waals surface area contributed by atoms with Crippen molar-refractivity contribution < 1.29 is 19.1 Å². The molecular weight excluding hydrogens is 410 g/mol. The molecule has 1 aromatic heterocycles. The Morgan fingerprint density at radius 3 is 3.07 bits per heavy atom. The smallest absolute Gasteiger partial charge is 0.249 e. The summed E-state index contributed by atoms with van der Waals surface area (Å²) in [6.07, 6.45) is 2.03. The average molecular weight is 432 g/mol. The lowest BCUT2D eigenvalue weighted by Gasteiger charge is -2.29. The number of nitrogens with one attached hydrogen (secondary N) is 1. The van der Waals surface area contributed by atoms with Crippen molar-refractivity contribution in [3.05, 3.63) is 34.3 Å². The first-order valence-corrected chi connectivity index (χ1v) is 11.3. The van der Waals surface area contributed by atoms with Gasteiger partial charge in [0.25, 0.3) is 0 Å². The Hall–Kier alpha value is -2.26. The first kappa shape index (κ1) is 18.7. The maximum Gasteiger partial charge on any atom is 0.249 e. The molecule has 9 heteroatoms. The number of ether oxygens (including phenoxy) is 2. The number of thiazole rings is 1. The molecule has 0 bridgehead atoms. The Labute approximate surface area is 176 Å². The summed E-state index contributed by atoms with van der Waals surface area (Å²) in [4.78, 5) is 32.3. The molecule has 2 amide bonds. The number of hydrogen-bond donors (Lipinski definition) is 1. The minimum Gasteiger partial charge on any atom is -0.454 e. The highest BCUT2D eigenvalue weighted by Crippen LogP contribution is 2.47. The molecule has 3 aliphatic heterocycles. The van der Waals surface area contributed by atoms with Crippen LogP contribution in [-0.2, 0) is 16.0 Å². The highest BCUT2D eigenvalue weighted by molar-refractivity contribution is 8.01. The zero-order chi connectivity index (χ0) is 20.2. The first-order valence-electron chi connectivity index (χ1n) is 9.55. The van der Waals surface area contributed by atoms with Gasteiger partial charge in [0.05, 0.1) is 10.6 Å². The zero-order valence-corrected chi connectivity index (χ0v) is 17.8. The number of hydrogen-bond acceptors (Lipinski definition) is 7. The second-order valence-corrected chi connectivity index (χ2v) is 10.2. The van der Waals surface area contributed by atoms with Gasteiger partial charge in [-0.15, -0.1) is 23.1 Å². The summed E-state index contributed by atoms with van der Waals surface area (Å²) < 4.78 is 10.8. The number of thioether (sulfide) groups is 1. The Balaban J connectivity index is 1.29. The van der Waals surface area contributed by atoms with E-state index in [9.17, 15) is 9.59 Å². The van der Waals surface area contributed by atoms with Gasteiger partial charge >= 0.3 is 0 Å². The van der Waals surface area contributed by atoms with Gasteiger partial charge in [0.15, 0.2) is 16.6 Å². The molecule has 0 radical (unpaired) electrons. The van der Waals surface area contributed by atoms with Gasteiger partial charge in [-0.3, -0.25) is 9.59 Å². The second-order valence-electron chi connectivity index (χ2n) is 7.65. The van der Waals surface area contributed by atoms with Crippen LogP contribution in [0.25, 0.3) is 0 Å². The first-order chi connectivity index (χ1) is 13.9. The molecule has 2 saturated heterocycles. The zero-order valence-electron chi connectivity index (χ0n) is 16.2. The number of aryl methyl sites for hydroxylation is 1. The van der Waals surface area contributed by atoms with Crippen LogP contribution in [0.15, 0.2) is 18.2 Å². The van der Waals surface area contributed by atoms with Crippen LogP contribution in [0, 0.1) is 6.92 Å². The van der Waals surface area contributed by atoms with Crippen LogP contribution in [-0.4, -0.2) is 45.2 Å². The molecule has 1 aromatic carbocycles. The van der Waals surface area contributed by atoms with Crippen molar-refractivity contribution in [1.82, 2.24) is 9.88 Å². The quantitative estimate of drug-likeness (QED) is 0.801. The van der Waals surface area contributed by atoms with Crippen LogP contribution in [0.3, 0.4) is 0 Å². The summed E-state index contributed by atoms with van der Waals surface area (Å²) in [5.41, 5.74) is 2.00. The summed E-state index contributed by atoms with van der Waals surface area (Å²) >= 11 is 3.17. The fraction of sp³-hybridized carbons (Fsp3) is 0.450. The Kier molecular flexibility index (Phi) is 4.47. The molecular formula is C20H21N3O4S2. The van der Waals surface area contributed by atoms with Gasteiger partial charge in [-0.25, -0.2) is 4.98 Å². The standard InChI is InChI=1S/C20H21N3O4S2/c1-11-16(8-12-3-4-14-15(7-12)27-10-26-14)29-19(21-11)22-18(25)13-9-28-20(2)6-5-17(24)23(13)20/h3-4,7,13H,5-6,8-10H2,1-2H3,(H,21,22,25)/t13-,20-/m0/s1. The van der Waals surface area contributed by atoms with E-state index in [-0.39, 0.29) is 23.5 Å². The SMILES string of the molecule is Cc1nc(NC(=O)[C@@H]2CS[C@@]3(C)CCC(=O)N23)sc1Cc1ccc2c(c1)OCO2. The third kappa shape index (κ3) is 3.26. The highest BCUT2D eigenvalue weighted by atomic mass is 32.2. The number of anilines is 1. The van der Waals surface area contributed by atoms with Crippen molar-refractivity contribution in [1.29, 1.82) is 0 Å². The van der Waals surface area contributed by atoms with Gasteiger partial charge in [0.2, 0.25) is 18.6 Å². The van der Waals surface area contributed by atoms with E-state index in [4.69, 9.17) is 9.47 Å². The van der Waals surface area contributed by atoms with E-state index in [2.05, 4.69) is 10.3 Å². The molecule has 5 rings (SSSR count). The van der Waals surface area contributed by atoms with Crippen molar-refractivity contribution in [2.75, 3.05) is 17.9 Å². The summed E-state index contributed by atoms with van der Waals surface area (Å²) in [7, 11) is 0. The predicted octanol–water partition coefficient (Wildman–Crippen LogP) is 3.16. The van der Waals surface area contributed by atoms with Crippen molar-refractivity contribution in [3.63, 3.8) is 0 Å². The normalized spacial score (nSPS) is 24.8. The minimum absolute atomic E-state index is 0.0662. The monoisotopic (exact) mass is 431 g/mol. The molecule has 0 saturated carbocycles. The molecule has 152 valence electrons. The number of carbonyl (C=O) groups is 2. The topological polar surface area (TPSA) is 80.8 Å². The number of fused-ring (bicyclic) bond motifs is 2. The fourth-order valence-corrected chi connectivity index (χ4v) is 6.52. The summed E-state index contributed by atoms with van der Waals surface area (Å²) in [6.45, 7) is 4.25. The molecule has 0 spiro atoms. The second kappa shape index (κ2) is 6.91. The molecule has 1 N–H and O–H groups in total. The summed E-state index contributed by atoms with van der Waals surface area (Å²) in [5.74, 6) is 2.06. The summed E-state index contributed by atoms with van der Waals surface area (Å²) in [6, 6.07) is 5.48. The van der Waals surface area contributed by atoms with Crippen molar-refractivity contribution in [2.45, 2.75) is 44.0 Å². The average Bonchev–Trinajstić information content (AvgIpc) is 3.42. The van der Waals surface area contributed by atoms with Crippen LogP contribution in [0.2, 0.25) is 0 Å². The predicted molar refractivity (Wildman–Crippen MR) is 112 cm³/mol. The third-order valence-electron chi connectivity index (χ3n) is 5.67. The molecule has 2 atom stereocenters. The van der Waals surface area contributed by atoms with Crippen LogP contribution >= 0.6 is 23.1 Å². The minimum atomic E-state index is -0.429. The lowest BCUT2D eigenvalue weighted by molar-refractivity contribution is -0.135. The summed E-state index contributed by atoms with van der Waals surface area (Å²) in [5, 5.41) is 3.52. The van der Waals surface area contributed by atoms with Gasteiger partial charge < -0.3 is 19.7 Å². The molecule has 3 aliphatic rings. The largest absolute Gasteiger partial charge is 0.454 e. The Morgan fingerprint density at radius 2 is 2.21 bits per heavy atom. The molecule has 2 aromatic rings. The van der Waals surface area contributed by atoms with Gasteiger partial charge in [0, 0.05) is 23.5 Å². The molecule has 0 aliphatic carbocycles. The van der Waals surface area contributed by atoms with Crippen molar-refractivity contribution in [3.8, 4) is 11.5 Å². The maximum absolute atomic E-state index is 12.9. The van der Waals surface area contributed by atoms with E-state index in [1.807, 2.05) is 32.0 Å². The van der Waals surface area contributed by atoms with Crippen LogP contribution in [0.5, 0.6) is 11.5 Å². The molecule has 29 heavy (non-hydrogen) atoms. The van der Waals surface area contributed by atoms with Gasteiger partial charge in [0.1, 0.15) is 6.04 Å². The van der Waals surface area contributed by atoms with Crippen LogP contribution < -0.4 is 14.8 Å². The highest BCUT2D eigenvalue weighted by Gasteiger charge is 2.53. The Morgan fingerprint density at radius 1 is 1.38 bits per heavy atom. The number of benzene rings is 1. The lowest BCUT2D eigenvalue weighted by Crippen LogP contribution is -2.48. The molecule has 0 unspecified atom stereocenters. The maximum atomic E-state index is 12.9. The van der Waals surface area contributed by atoms with Crippen molar-refractivity contribution in [2.24, 2.45) is 0 Å². The van der Waals surface area contributed by atoms with Crippen LogP contribution in [0.4, 0.5) is 5.13 Å².